The molecule has 2 aromatic rings. The van der Waals surface area contributed by atoms with E-state index in [9.17, 15) is 8.42 Å². The molecule has 0 aromatic heterocycles. The SMILES string of the molecule is Nc1cccc2cc(S(=O)(=O)N3CCCC4CCCC3C4)ccc12.[CH2]. The first kappa shape index (κ1) is 18.2. The molecule has 2 aromatic carbocycles. The van der Waals surface area contributed by atoms with Crippen molar-refractivity contribution in [2.24, 2.45) is 5.92 Å². The lowest BCUT2D eigenvalue weighted by atomic mass is 9.84. The Morgan fingerprint density at radius 3 is 2.68 bits per heavy atom. The number of hydrogen-bond acceptors (Lipinski definition) is 3. The number of nitrogens with zero attached hydrogens (tertiary/aromatic N) is 1. The number of anilines is 1. The van der Waals surface area contributed by atoms with Gasteiger partial charge in [-0.25, -0.2) is 8.42 Å². The molecule has 2 bridgehead atoms. The molecule has 134 valence electrons. The lowest BCUT2D eigenvalue weighted by molar-refractivity contribution is 0.238. The molecule has 1 saturated heterocycles. The smallest absolute Gasteiger partial charge is 0.243 e. The third-order valence-electron chi connectivity index (χ3n) is 5.65. The van der Waals surface area contributed by atoms with Crippen LogP contribution in [-0.2, 0) is 10.0 Å². The first-order valence-electron chi connectivity index (χ1n) is 8.86. The summed E-state index contributed by atoms with van der Waals surface area (Å²) in [6.45, 7) is 0.651. The third-order valence-corrected chi connectivity index (χ3v) is 7.59. The summed E-state index contributed by atoms with van der Waals surface area (Å²) in [5, 5.41) is 1.79. The first-order valence-corrected chi connectivity index (χ1v) is 10.3. The summed E-state index contributed by atoms with van der Waals surface area (Å²) < 4.78 is 28.3. The minimum atomic E-state index is -3.45. The van der Waals surface area contributed by atoms with Gasteiger partial charge in [-0.15, -0.1) is 0 Å². The Morgan fingerprint density at radius 2 is 1.84 bits per heavy atom. The molecule has 2 aliphatic rings. The summed E-state index contributed by atoms with van der Waals surface area (Å²) in [5.41, 5.74) is 6.67. The van der Waals surface area contributed by atoms with Crippen LogP contribution in [0.15, 0.2) is 41.3 Å². The molecule has 2 unspecified atom stereocenters. The van der Waals surface area contributed by atoms with Crippen molar-refractivity contribution in [3.63, 3.8) is 0 Å². The molecule has 1 aliphatic heterocycles. The predicted molar refractivity (Wildman–Crippen MR) is 103 cm³/mol. The van der Waals surface area contributed by atoms with Crippen LogP contribution in [0, 0.1) is 13.3 Å². The summed E-state index contributed by atoms with van der Waals surface area (Å²) in [6.07, 6.45) is 6.57. The van der Waals surface area contributed by atoms with Crippen molar-refractivity contribution in [1.82, 2.24) is 4.31 Å². The fourth-order valence-electron chi connectivity index (χ4n) is 4.40. The third kappa shape index (κ3) is 3.27. The van der Waals surface area contributed by atoms with Crippen LogP contribution >= 0.6 is 0 Å². The van der Waals surface area contributed by atoms with Crippen LogP contribution in [-0.4, -0.2) is 25.3 Å². The monoisotopic (exact) mass is 358 g/mol. The highest BCUT2D eigenvalue weighted by Crippen LogP contribution is 2.37. The van der Waals surface area contributed by atoms with Crippen LogP contribution in [0.2, 0.25) is 0 Å². The van der Waals surface area contributed by atoms with Gasteiger partial charge in [0, 0.05) is 23.7 Å². The van der Waals surface area contributed by atoms with Crippen molar-refractivity contribution in [3.8, 4) is 0 Å². The Hall–Kier alpha value is -1.59. The van der Waals surface area contributed by atoms with Crippen LogP contribution in [0.4, 0.5) is 5.69 Å². The molecule has 2 fully saturated rings. The van der Waals surface area contributed by atoms with Gasteiger partial charge in [0.1, 0.15) is 0 Å². The van der Waals surface area contributed by atoms with Gasteiger partial charge in [0.25, 0.3) is 0 Å². The minimum Gasteiger partial charge on any atom is -0.398 e. The summed E-state index contributed by atoms with van der Waals surface area (Å²) in [5.74, 6) is 0.709. The van der Waals surface area contributed by atoms with Crippen LogP contribution in [0.25, 0.3) is 10.8 Å². The topological polar surface area (TPSA) is 63.4 Å². The van der Waals surface area contributed by atoms with E-state index in [2.05, 4.69) is 0 Å². The number of hydrogen-bond donors (Lipinski definition) is 1. The molecule has 5 heteroatoms. The van der Waals surface area contributed by atoms with E-state index in [0.717, 1.165) is 42.9 Å². The van der Waals surface area contributed by atoms with Gasteiger partial charge in [0.2, 0.25) is 10.0 Å². The highest BCUT2D eigenvalue weighted by Gasteiger charge is 2.36. The second-order valence-corrected chi connectivity index (χ2v) is 9.07. The molecule has 0 spiro atoms. The van der Waals surface area contributed by atoms with Crippen molar-refractivity contribution in [2.45, 2.75) is 49.5 Å². The van der Waals surface area contributed by atoms with Crippen molar-refractivity contribution in [3.05, 3.63) is 43.8 Å². The molecule has 4 rings (SSSR count). The Morgan fingerprint density at radius 1 is 1.04 bits per heavy atom. The average molecular weight is 359 g/mol. The maximum atomic E-state index is 13.3. The molecule has 25 heavy (non-hydrogen) atoms. The molecule has 4 nitrogen and oxygen atoms in total. The van der Waals surface area contributed by atoms with Gasteiger partial charge in [-0.2, -0.15) is 4.31 Å². The Bertz CT molecular complexity index is 863. The largest absolute Gasteiger partial charge is 0.398 e. The average Bonchev–Trinajstić information content (AvgIpc) is 2.73. The standard InChI is InChI=1S/C19H24N2O2S.CH2/c20-19-8-2-6-15-13-17(9-10-18(15)19)24(22,23)21-11-3-5-14-4-1-7-16(21)12-14;/h2,6,8-10,13-14,16H,1,3-5,7,11-12,20H2;1H2. The number of fused-ring (bicyclic) bond motifs is 3. The van der Waals surface area contributed by atoms with Crippen molar-refractivity contribution < 1.29 is 8.42 Å². The van der Waals surface area contributed by atoms with E-state index in [1.807, 2.05) is 24.3 Å². The van der Waals surface area contributed by atoms with Crippen LogP contribution in [0.3, 0.4) is 0 Å². The lowest BCUT2D eigenvalue weighted by Gasteiger charge is -2.33. The van der Waals surface area contributed by atoms with Gasteiger partial charge < -0.3 is 5.73 Å². The second kappa shape index (κ2) is 6.96. The molecule has 2 atom stereocenters. The van der Waals surface area contributed by atoms with E-state index >= 15 is 0 Å². The summed E-state index contributed by atoms with van der Waals surface area (Å²) in [7, 11) is -3.45. The Kier molecular flexibility index (Phi) is 5.07. The maximum absolute atomic E-state index is 13.3. The fraction of sp³-hybridized carbons (Fsp3) is 0.450. The maximum Gasteiger partial charge on any atom is 0.243 e. The van der Waals surface area contributed by atoms with E-state index in [1.165, 1.54) is 6.42 Å². The molecule has 0 amide bonds. The van der Waals surface area contributed by atoms with E-state index in [1.54, 1.807) is 16.4 Å². The molecule has 2 N–H and O–H groups in total. The molecule has 1 saturated carbocycles. The minimum absolute atomic E-state index is 0. The van der Waals surface area contributed by atoms with Crippen molar-refractivity contribution in [2.75, 3.05) is 12.3 Å². The molecular weight excluding hydrogens is 332 g/mol. The predicted octanol–water partition coefficient (Wildman–Crippen LogP) is 4.09. The Balaban J connectivity index is 0.00000182. The summed E-state index contributed by atoms with van der Waals surface area (Å²) in [4.78, 5) is 0.393. The van der Waals surface area contributed by atoms with Crippen molar-refractivity contribution in [1.29, 1.82) is 0 Å². The van der Waals surface area contributed by atoms with Gasteiger partial charge in [0.05, 0.1) is 4.90 Å². The Labute approximate surface area is 151 Å². The van der Waals surface area contributed by atoms with Crippen LogP contribution in [0.1, 0.15) is 38.5 Å². The molecule has 1 heterocycles. The van der Waals surface area contributed by atoms with Gasteiger partial charge in [-0.3, -0.25) is 0 Å². The zero-order valence-corrected chi connectivity index (χ0v) is 15.3. The summed E-state index contributed by atoms with van der Waals surface area (Å²) in [6, 6.07) is 11.1. The molecular formula is C20H26N2O2S. The van der Waals surface area contributed by atoms with Crippen LogP contribution < -0.4 is 5.73 Å². The number of benzene rings is 2. The van der Waals surface area contributed by atoms with E-state index in [-0.39, 0.29) is 13.5 Å². The van der Waals surface area contributed by atoms with Gasteiger partial charge >= 0.3 is 0 Å². The molecule has 1 aliphatic carbocycles. The quantitative estimate of drug-likeness (QED) is 0.822. The zero-order valence-electron chi connectivity index (χ0n) is 14.5. The van der Waals surface area contributed by atoms with E-state index in [4.69, 9.17) is 5.73 Å². The zero-order chi connectivity index (χ0) is 16.7. The van der Waals surface area contributed by atoms with E-state index < -0.39 is 10.0 Å². The number of rotatable bonds is 2. The normalized spacial score (nSPS) is 24.5. The lowest BCUT2D eigenvalue weighted by Crippen LogP contribution is -2.41. The van der Waals surface area contributed by atoms with Crippen LogP contribution in [0.5, 0.6) is 0 Å². The fourth-order valence-corrected chi connectivity index (χ4v) is 6.14. The first-order chi connectivity index (χ1) is 11.6. The van der Waals surface area contributed by atoms with Gasteiger partial charge in [-0.05, 0) is 55.2 Å². The second-order valence-electron chi connectivity index (χ2n) is 7.17. The molecule has 2 radical (unpaired) electrons. The number of nitrogens with two attached hydrogens (primary N) is 1. The van der Waals surface area contributed by atoms with Gasteiger partial charge in [-0.1, -0.05) is 38.5 Å². The van der Waals surface area contributed by atoms with E-state index in [0.29, 0.717) is 23.0 Å². The highest BCUT2D eigenvalue weighted by molar-refractivity contribution is 7.89. The number of sulfonamides is 1. The van der Waals surface area contributed by atoms with Gasteiger partial charge in [0.15, 0.2) is 0 Å². The highest BCUT2D eigenvalue weighted by atomic mass is 32.2. The van der Waals surface area contributed by atoms with Crippen molar-refractivity contribution >= 4 is 26.5 Å². The number of nitrogen functional groups attached to an aromatic ring is 1. The summed E-state index contributed by atoms with van der Waals surface area (Å²) >= 11 is 0.